The minimum Gasteiger partial charge on any atom is -0.309 e. The first-order chi connectivity index (χ1) is 8.75. The fourth-order valence-electron chi connectivity index (χ4n) is 2.57. The minimum absolute atomic E-state index is 0.528. The van der Waals surface area contributed by atoms with Gasteiger partial charge in [-0.1, -0.05) is 24.3 Å². The fourth-order valence-corrected chi connectivity index (χ4v) is 3.83. The van der Waals surface area contributed by atoms with Crippen molar-refractivity contribution in [1.29, 1.82) is 0 Å². The summed E-state index contributed by atoms with van der Waals surface area (Å²) in [6.07, 6.45) is 2.53. The second-order valence-electron chi connectivity index (χ2n) is 4.93. The van der Waals surface area contributed by atoms with Gasteiger partial charge >= 0.3 is 0 Å². The van der Waals surface area contributed by atoms with E-state index < -0.39 is 0 Å². The molecular weight excluding hydrogens is 240 g/mol. The van der Waals surface area contributed by atoms with Crippen LogP contribution in [0.4, 0.5) is 0 Å². The number of aryl methyl sites for hydroxylation is 2. The van der Waals surface area contributed by atoms with Gasteiger partial charge in [-0.05, 0) is 38.8 Å². The molecule has 0 amide bonds. The molecule has 2 nitrogen and oxygen atoms in total. The molecule has 18 heavy (non-hydrogen) atoms. The molecule has 1 aromatic heterocycles. The summed E-state index contributed by atoms with van der Waals surface area (Å²) in [5.41, 5.74) is 3.77. The summed E-state index contributed by atoms with van der Waals surface area (Å²) in [4.78, 5) is 6.19. The predicted molar refractivity (Wildman–Crippen MR) is 77.0 cm³/mol. The number of nitrogens with one attached hydrogen (secondary N) is 1. The van der Waals surface area contributed by atoms with Gasteiger partial charge in [-0.2, -0.15) is 0 Å². The summed E-state index contributed by atoms with van der Waals surface area (Å²) in [6.45, 7) is 5.43. The van der Waals surface area contributed by atoms with Crippen molar-refractivity contribution in [2.75, 3.05) is 6.54 Å². The number of hydrogen-bond donors (Lipinski definition) is 1. The van der Waals surface area contributed by atoms with Crippen LogP contribution in [0, 0.1) is 13.8 Å². The van der Waals surface area contributed by atoms with E-state index in [2.05, 4.69) is 43.4 Å². The van der Waals surface area contributed by atoms with Crippen molar-refractivity contribution in [3.8, 4) is 10.6 Å². The molecule has 0 radical (unpaired) electrons. The van der Waals surface area contributed by atoms with Gasteiger partial charge in [-0.25, -0.2) is 4.98 Å². The third-order valence-corrected chi connectivity index (χ3v) is 4.89. The molecule has 1 aliphatic heterocycles. The Hall–Kier alpha value is -1.19. The van der Waals surface area contributed by atoms with Crippen LogP contribution in [0.1, 0.15) is 35.0 Å². The maximum Gasteiger partial charge on any atom is 0.124 e. The van der Waals surface area contributed by atoms with E-state index in [0.29, 0.717) is 6.04 Å². The smallest absolute Gasteiger partial charge is 0.124 e. The molecule has 1 unspecified atom stereocenters. The van der Waals surface area contributed by atoms with Crippen LogP contribution in [-0.4, -0.2) is 11.5 Å². The average Bonchev–Trinajstić information content (AvgIpc) is 2.98. The molecule has 1 saturated heterocycles. The van der Waals surface area contributed by atoms with Crippen molar-refractivity contribution in [3.05, 3.63) is 40.4 Å². The second-order valence-corrected chi connectivity index (χ2v) is 5.96. The Labute approximate surface area is 112 Å². The molecule has 2 aromatic rings. The Morgan fingerprint density at radius 3 is 2.83 bits per heavy atom. The van der Waals surface area contributed by atoms with Gasteiger partial charge in [0.1, 0.15) is 5.01 Å². The van der Waals surface area contributed by atoms with E-state index in [4.69, 9.17) is 4.98 Å². The van der Waals surface area contributed by atoms with E-state index in [-0.39, 0.29) is 0 Å². The van der Waals surface area contributed by atoms with Crippen LogP contribution in [0.15, 0.2) is 24.3 Å². The van der Waals surface area contributed by atoms with Crippen LogP contribution in [-0.2, 0) is 0 Å². The highest BCUT2D eigenvalue weighted by molar-refractivity contribution is 7.15. The molecule has 0 bridgehead atoms. The maximum absolute atomic E-state index is 4.76. The molecule has 1 aliphatic rings. The highest BCUT2D eigenvalue weighted by Gasteiger charge is 2.22. The van der Waals surface area contributed by atoms with E-state index in [0.717, 1.165) is 11.6 Å². The molecule has 0 saturated carbocycles. The van der Waals surface area contributed by atoms with Crippen molar-refractivity contribution in [2.45, 2.75) is 32.7 Å². The zero-order valence-electron chi connectivity index (χ0n) is 10.9. The molecule has 94 valence electrons. The summed E-state index contributed by atoms with van der Waals surface area (Å²) in [7, 11) is 0. The lowest BCUT2D eigenvalue weighted by Crippen LogP contribution is -2.12. The quantitative estimate of drug-likeness (QED) is 0.885. The van der Waals surface area contributed by atoms with Crippen LogP contribution < -0.4 is 5.32 Å². The number of benzene rings is 1. The number of rotatable bonds is 2. The van der Waals surface area contributed by atoms with Gasteiger partial charge in [0.05, 0.1) is 5.69 Å². The van der Waals surface area contributed by atoms with Gasteiger partial charge in [0, 0.05) is 16.5 Å². The molecule has 1 atom stereocenters. The van der Waals surface area contributed by atoms with Crippen molar-refractivity contribution >= 4 is 11.3 Å². The Morgan fingerprint density at radius 2 is 2.11 bits per heavy atom. The van der Waals surface area contributed by atoms with Gasteiger partial charge in [0.2, 0.25) is 0 Å². The first-order valence-corrected chi connectivity index (χ1v) is 7.34. The first kappa shape index (κ1) is 11.9. The topological polar surface area (TPSA) is 24.9 Å². The minimum atomic E-state index is 0.528. The Bertz CT molecular complexity index is 553. The average molecular weight is 258 g/mol. The monoisotopic (exact) mass is 258 g/mol. The van der Waals surface area contributed by atoms with Crippen LogP contribution in [0.5, 0.6) is 0 Å². The standard InChI is InChI=1S/C15H18N2S/c1-10-6-3-4-7-12(10)15-17-11(2)14(18-15)13-8-5-9-16-13/h3-4,6-7,13,16H,5,8-9H2,1-2H3. The lowest BCUT2D eigenvalue weighted by molar-refractivity contribution is 0.654. The summed E-state index contributed by atoms with van der Waals surface area (Å²) in [5.74, 6) is 0. The lowest BCUT2D eigenvalue weighted by atomic mass is 10.1. The van der Waals surface area contributed by atoms with Gasteiger partial charge in [0.25, 0.3) is 0 Å². The van der Waals surface area contributed by atoms with E-state index in [1.807, 2.05) is 11.3 Å². The summed E-state index contributed by atoms with van der Waals surface area (Å²) in [5, 5.41) is 4.72. The number of hydrogen-bond acceptors (Lipinski definition) is 3. The Balaban J connectivity index is 1.99. The molecule has 0 aliphatic carbocycles. The van der Waals surface area contributed by atoms with Gasteiger partial charge in [-0.15, -0.1) is 11.3 Å². The van der Waals surface area contributed by atoms with Crippen LogP contribution in [0.25, 0.3) is 10.6 Å². The summed E-state index contributed by atoms with van der Waals surface area (Å²) in [6, 6.07) is 9.02. The zero-order chi connectivity index (χ0) is 12.5. The Morgan fingerprint density at radius 1 is 1.28 bits per heavy atom. The molecular formula is C15H18N2S. The molecule has 2 heterocycles. The van der Waals surface area contributed by atoms with Crippen molar-refractivity contribution in [3.63, 3.8) is 0 Å². The van der Waals surface area contributed by atoms with Crippen LogP contribution >= 0.6 is 11.3 Å². The summed E-state index contributed by atoms with van der Waals surface area (Å²) < 4.78 is 0. The molecule has 1 aromatic carbocycles. The normalized spacial score (nSPS) is 19.3. The number of aromatic nitrogens is 1. The molecule has 3 rings (SSSR count). The predicted octanol–water partition coefficient (Wildman–Crippen LogP) is 3.85. The van der Waals surface area contributed by atoms with Crippen LogP contribution in [0.2, 0.25) is 0 Å². The zero-order valence-corrected chi connectivity index (χ0v) is 11.7. The highest BCUT2D eigenvalue weighted by Crippen LogP contribution is 2.36. The summed E-state index contributed by atoms with van der Waals surface area (Å²) >= 11 is 1.85. The lowest BCUT2D eigenvalue weighted by Gasteiger charge is -2.07. The van der Waals surface area contributed by atoms with Crippen molar-refractivity contribution in [1.82, 2.24) is 10.3 Å². The van der Waals surface area contributed by atoms with Crippen molar-refractivity contribution in [2.24, 2.45) is 0 Å². The molecule has 0 spiro atoms. The van der Waals surface area contributed by atoms with Gasteiger partial charge in [-0.3, -0.25) is 0 Å². The maximum atomic E-state index is 4.76. The van der Waals surface area contributed by atoms with Gasteiger partial charge < -0.3 is 5.32 Å². The molecule has 1 N–H and O–H groups in total. The number of thiazole rings is 1. The van der Waals surface area contributed by atoms with E-state index in [9.17, 15) is 0 Å². The number of nitrogens with zero attached hydrogens (tertiary/aromatic N) is 1. The van der Waals surface area contributed by atoms with Crippen molar-refractivity contribution < 1.29 is 0 Å². The highest BCUT2D eigenvalue weighted by atomic mass is 32.1. The van der Waals surface area contributed by atoms with E-state index in [1.54, 1.807) is 0 Å². The van der Waals surface area contributed by atoms with Crippen LogP contribution in [0.3, 0.4) is 0 Å². The van der Waals surface area contributed by atoms with E-state index in [1.165, 1.54) is 34.5 Å². The SMILES string of the molecule is Cc1ccccc1-c1nc(C)c(C2CCCN2)s1. The van der Waals surface area contributed by atoms with Gasteiger partial charge in [0.15, 0.2) is 0 Å². The molecule has 3 heteroatoms. The second kappa shape index (κ2) is 4.82. The fraction of sp³-hybridized carbons (Fsp3) is 0.400. The largest absolute Gasteiger partial charge is 0.309 e. The third kappa shape index (κ3) is 2.08. The first-order valence-electron chi connectivity index (χ1n) is 6.52. The van der Waals surface area contributed by atoms with E-state index >= 15 is 0 Å². The third-order valence-electron chi connectivity index (χ3n) is 3.58. The Kier molecular flexibility index (Phi) is 3.18. The molecule has 1 fully saturated rings.